The molecule has 0 bridgehead atoms. The largest absolute Gasteiger partial charge is 0.573 e. The lowest BCUT2D eigenvalue weighted by molar-refractivity contribution is -0.274. The average Bonchev–Trinajstić information content (AvgIpc) is 2.14. The Morgan fingerprint density at radius 1 is 1.44 bits per heavy atom. The van der Waals surface area contributed by atoms with Crippen molar-refractivity contribution in [1.82, 2.24) is 9.65 Å². The first-order valence-electron chi connectivity index (χ1n) is 4.67. The minimum atomic E-state index is -4.66. The van der Waals surface area contributed by atoms with E-state index in [2.05, 4.69) is 19.1 Å². The van der Waals surface area contributed by atoms with E-state index in [1.165, 1.54) is 6.07 Å². The second-order valence-electron chi connectivity index (χ2n) is 3.55. The number of rotatable bonds is 1. The average molecular weight is 250 g/mol. The van der Waals surface area contributed by atoms with Crippen molar-refractivity contribution in [2.24, 2.45) is 0 Å². The Labute approximate surface area is 92.9 Å². The van der Waals surface area contributed by atoms with Crippen LogP contribution in [0.3, 0.4) is 0 Å². The summed E-state index contributed by atoms with van der Waals surface area (Å²) in [5, 5.41) is 0. The van der Waals surface area contributed by atoms with Crippen LogP contribution < -0.4 is 4.74 Å². The van der Waals surface area contributed by atoms with Gasteiger partial charge in [0.2, 0.25) is 0 Å². The second-order valence-corrected chi connectivity index (χ2v) is 4.28. The highest BCUT2D eigenvalue weighted by Crippen LogP contribution is 2.27. The highest BCUT2D eigenvalue weighted by atomic mass is 31.0. The maximum atomic E-state index is 12.0. The van der Waals surface area contributed by atoms with Crippen molar-refractivity contribution in [3.8, 4) is 5.75 Å². The summed E-state index contributed by atoms with van der Waals surface area (Å²) in [7, 11) is 2.53. The van der Waals surface area contributed by atoms with Gasteiger partial charge in [0.05, 0.1) is 6.20 Å². The molecule has 2 rings (SSSR count). The van der Waals surface area contributed by atoms with Crippen LogP contribution in [-0.4, -0.2) is 22.6 Å². The monoisotopic (exact) mass is 250 g/mol. The molecule has 0 N–H and O–H groups in total. The van der Waals surface area contributed by atoms with Crippen LogP contribution in [0.15, 0.2) is 12.3 Å². The Balaban J connectivity index is 2.21. The first-order chi connectivity index (χ1) is 7.44. The van der Waals surface area contributed by atoms with Crippen molar-refractivity contribution in [2.45, 2.75) is 19.3 Å². The molecular formula is C9H10F3N2OP. The van der Waals surface area contributed by atoms with Gasteiger partial charge in [-0.15, -0.1) is 13.2 Å². The molecule has 1 aromatic heterocycles. The molecule has 0 saturated heterocycles. The summed E-state index contributed by atoms with van der Waals surface area (Å²) < 4.78 is 41.7. The molecule has 0 radical (unpaired) electrons. The number of ether oxygens (including phenoxy) is 1. The van der Waals surface area contributed by atoms with Gasteiger partial charge in [0.1, 0.15) is 5.75 Å². The van der Waals surface area contributed by atoms with E-state index < -0.39 is 6.36 Å². The third kappa shape index (κ3) is 2.83. The van der Waals surface area contributed by atoms with Crippen molar-refractivity contribution >= 4 is 9.39 Å². The second kappa shape index (κ2) is 4.18. The van der Waals surface area contributed by atoms with E-state index in [1.54, 1.807) is 0 Å². The molecule has 1 aromatic rings. The predicted octanol–water partition coefficient (Wildman–Crippen LogP) is 2.13. The molecule has 1 aliphatic rings. The Morgan fingerprint density at radius 3 is 2.88 bits per heavy atom. The summed E-state index contributed by atoms with van der Waals surface area (Å²) in [6, 6.07) is 1.39. The fraction of sp³-hybridized carbons (Fsp3) is 0.444. The summed E-state index contributed by atoms with van der Waals surface area (Å²) in [4.78, 5) is 3.98. The Kier molecular flexibility index (Phi) is 3.04. The third-order valence-corrected chi connectivity index (χ3v) is 2.72. The normalized spacial score (nSPS) is 17.0. The minimum Gasteiger partial charge on any atom is -0.404 e. The van der Waals surface area contributed by atoms with Crippen molar-refractivity contribution in [3.63, 3.8) is 0 Å². The minimum absolute atomic E-state index is 0.258. The highest BCUT2D eigenvalue weighted by Gasteiger charge is 2.31. The lowest BCUT2D eigenvalue weighted by atomic mass is 10.1. The smallest absolute Gasteiger partial charge is 0.404 e. The SMILES string of the molecule is FC(F)(F)Oc1cnc2c(c1)CN(P)CC2. The molecule has 0 aliphatic carbocycles. The van der Waals surface area contributed by atoms with Crippen LogP contribution in [0.5, 0.6) is 5.75 Å². The van der Waals surface area contributed by atoms with E-state index >= 15 is 0 Å². The number of hydrogen-bond acceptors (Lipinski definition) is 3. The van der Waals surface area contributed by atoms with Gasteiger partial charge in [0.25, 0.3) is 0 Å². The molecule has 3 nitrogen and oxygen atoms in total. The number of hydrogen-bond donors (Lipinski definition) is 0. The van der Waals surface area contributed by atoms with Gasteiger partial charge < -0.3 is 4.74 Å². The molecule has 2 heterocycles. The van der Waals surface area contributed by atoms with E-state index in [-0.39, 0.29) is 5.75 Å². The Hall–Kier alpha value is -0.870. The molecular weight excluding hydrogens is 240 g/mol. The van der Waals surface area contributed by atoms with E-state index in [0.29, 0.717) is 6.54 Å². The summed E-state index contributed by atoms with van der Waals surface area (Å²) in [6.07, 6.45) is -2.80. The highest BCUT2D eigenvalue weighted by molar-refractivity contribution is 7.13. The van der Waals surface area contributed by atoms with Gasteiger partial charge >= 0.3 is 6.36 Å². The van der Waals surface area contributed by atoms with Gasteiger partial charge in [-0.2, -0.15) is 0 Å². The lowest BCUT2D eigenvalue weighted by Gasteiger charge is -2.24. The van der Waals surface area contributed by atoms with E-state index in [0.717, 1.165) is 30.4 Å². The van der Waals surface area contributed by atoms with Crippen LogP contribution in [0.2, 0.25) is 0 Å². The van der Waals surface area contributed by atoms with Gasteiger partial charge in [0, 0.05) is 25.2 Å². The van der Waals surface area contributed by atoms with E-state index in [4.69, 9.17) is 0 Å². The molecule has 0 aromatic carbocycles. The number of halogens is 3. The van der Waals surface area contributed by atoms with Gasteiger partial charge in [-0.1, -0.05) is 9.39 Å². The number of fused-ring (bicyclic) bond motifs is 1. The maximum Gasteiger partial charge on any atom is 0.573 e. The Bertz CT molecular complexity index is 397. The molecule has 1 atom stereocenters. The van der Waals surface area contributed by atoms with Crippen molar-refractivity contribution in [1.29, 1.82) is 0 Å². The molecule has 0 amide bonds. The standard InChI is InChI=1S/C9H10F3N2OP/c10-9(11,12)15-7-3-6-5-14(16)2-1-8(6)13-4-7/h3-4H,1-2,5,16H2. The van der Waals surface area contributed by atoms with Gasteiger partial charge in [-0.25, -0.2) is 0 Å². The molecule has 0 fully saturated rings. The van der Waals surface area contributed by atoms with Crippen LogP contribution in [0, 0.1) is 0 Å². The van der Waals surface area contributed by atoms with Crippen molar-refractivity contribution in [2.75, 3.05) is 6.54 Å². The first-order valence-corrected chi connectivity index (χ1v) is 5.19. The molecule has 16 heavy (non-hydrogen) atoms. The molecule has 7 heteroatoms. The van der Waals surface area contributed by atoms with E-state index in [9.17, 15) is 13.2 Å². The van der Waals surface area contributed by atoms with Crippen LogP contribution in [0.25, 0.3) is 0 Å². The van der Waals surface area contributed by atoms with Crippen molar-refractivity contribution in [3.05, 3.63) is 23.5 Å². The fourth-order valence-corrected chi connectivity index (χ4v) is 1.94. The molecule has 1 aliphatic heterocycles. The fourth-order valence-electron chi connectivity index (χ4n) is 1.62. The van der Waals surface area contributed by atoms with Crippen LogP contribution >= 0.6 is 9.39 Å². The predicted molar refractivity (Wildman–Crippen MR) is 54.7 cm³/mol. The molecule has 1 unspecified atom stereocenters. The van der Waals surface area contributed by atoms with Gasteiger partial charge in [-0.3, -0.25) is 9.65 Å². The maximum absolute atomic E-state index is 12.0. The molecule has 88 valence electrons. The number of pyridine rings is 1. The quantitative estimate of drug-likeness (QED) is 0.714. The van der Waals surface area contributed by atoms with Crippen LogP contribution in [0.1, 0.15) is 11.3 Å². The van der Waals surface area contributed by atoms with Crippen LogP contribution in [-0.2, 0) is 13.0 Å². The topological polar surface area (TPSA) is 25.4 Å². The lowest BCUT2D eigenvalue weighted by Crippen LogP contribution is -2.23. The number of alkyl halides is 3. The molecule has 0 spiro atoms. The van der Waals surface area contributed by atoms with Gasteiger partial charge in [0.15, 0.2) is 0 Å². The summed E-state index contributed by atoms with van der Waals surface area (Å²) >= 11 is 0. The first kappa shape index (κ1) is 11.6. The zero-order valence-corrected chi connectivity index (χ0v) is 9.44. The molecule has 0 saturated carbocycles. The Morgan fingerprint density at radius 2 is 2.19 bits per heavy atom. The van der Waals surface area contributed by atoms with E-state index in [1.807, 2.05) is 4.67 Å². The van der Waals surface area contributed by atoms with Crippen LogP contribution in [0.4, 0.5) is 13.2 Å². The van der Waals surface area contributed by atoms with Gasteiger partial charge in [-0.05, 0) is 11.6 Å². The number of aromatic nitrogens is 1. The van der Waals surface area contributed by atoms with Crippen molar-refractivity contribution < 1.29 is 17.9 Å². The third-order valence-electron chi connectivity index (χ3n) is 2.28. The summed E-state index contributed by atoms with van der Waals surface area (Å²) in [5.74, 6) is -0.258. The zero-order valence-electron chi connectivity index (χ0n) is 8.29. The number of nitrogens with zero attached hydrogens (tertiary/aromatic N) is 2. The summed E-state index contributed by atoms with van der Waals surface area (Å²) in [6.45, 7) is 1.41. The zero-order chi connectivity index (χ0) is 11.8. The summed E-state index contributed by atoms with van der Waals surface area (Å²) in [5.41, 5.74) is 1.62.